The number of fused-ring (bicyclic) bond motifs is 1. The normalized spacial score (nSPS) is 13.3. The molecule has 3 rings (SSSR count). The molecule has 1 aliphatic carbocycles. The van der Waals surface area contributed by atoms with E-state index in [2.05, 4.69) is 0 Å². The predicted octanol–water partition coefficient (Wildman–Crippen LogP) is 2.99. The number of ether oxygens (including phenoxy) is 1. The smallest absolute Gasteiger partial charge is 0.338 e. The minimum atomic E-state index is -0.690. The number of Topliss-reactive ketones (excluding diaryl/α,β-unsaturated/α-hetero) is 1. The molecular weight excluding hydrogens is 298 g/mol. The average Bonchev–Trinajstić information content (AvgIpc) is 2.57. The predicted molar refractivity (Wildman–Crippen MR) is 79.9 cm³/mol. The van der Waals surface area contributed by atoms with E-state index >= 15 is 0 Å². The summed E-state index contributed by atoms with van der Waals surface area (Å²) in [5, 5.41) is 0. The Morgan fingerprint density at radius 1 is 0.957 bits per heavy atom. The van der Waals surface area contributed by atoms with Crippen LogP contribution in [-0.4, -0.2) is 24.1 Å². The molecule has 0 fully saturated rings. The molecule has 4 nitrogen and oxygen atoms in total. The van der Waals surface area contributed by atoms with Gasteiger partial charge in [0.05, 0.1) is 5.56 Å². The van der Waals surface area contributed by atoms with Crippen molar-refractivity contribution in [3.63, 3.8) is 0 Å². The zero-order valence-corrected chi connectivity index (χ0v) is 11.9. The Kier molecular flexibility index (Phi) is 3.85. The Bertz CT molecular complexity index is 834. The molecule has 114 valence electrons. The van der Waals surface area contributed by atoms with Gasteiger partial charge in [-0.1, -0.05) is 24.3 Å². The van der Waals surface area contributed by atoms with Gasteiger partial charge in [0.25, 0.3) is 0 Å². The number of halogens is 1. The van der Waals surface area contributed by atoms with Crippen molar-refractivity contribution in [2.75, 3.05) is 6.61 Å². The van der Waals surface area contributed by atoms with Gasteiger partial charge in [-0.3, -0.25) is 9.59 Å². The molecule has 0 amide bonds. The van der Waals surface area contributed by atoms with Crippen LogP contribution in [0.4, 0.5) is 4.39 Å². The Labute approximate surface area is 131 Å². The van der Waals surface area contributed by atoms with Gasteiger partial charge in [-0.2, -0.15) is 0 Å². The summed E-state index contributed by atoms with van der Waals surface area (Å²) in [6, 6.07) is 11.3. The third-order valence-electron chi connectivity index (χ3n) is 3.47. The Hall–Kier alpha value is -3.08. The number of benzene rings is 2. The molecule has 5 heteroatoms. The van der Waals surface area contributed by atoms with Gasteiger partial charge in [0.15, 0.2) is 11.6 Å². The van der Waals surface area contributed by atoms with Gasteiger partial charge in [-0.05, 0) is 30.3 Å². The van der Waals surface area contributed by atoms with E-state index in [1.165, 1.54) is 18.2 Å². The van der Waals surface area contributed by atoms with Crippen molar-refractivity contribution in [1.82, 2.24) is 0 Å². The quantitative estimate of drug-likeness (QED) is 0.818. The fraction of sp³-hybridized carbons (Fsp3) is 0.0556. The standard InChI is InChI=1S/C18H11FO4/c19-13-7-5-11(6-8-13)18(22)23-10-12-9-16(20)14-3-1-2-4-15(14)17(12)21/h1-9H,10H2/i19-1. The first-order chi connectivity index (χ1) is 11.1. The molecule has 1 aliphatic rings. The second kappa shape index (κ2) is 5.96. The van der Waals surface area contributed by atoms with Crippen LogP contribution < -0.4 is 0 Å². The van der Waals surface area contributed by atoms with Gasteiger partial charge in [0.1, 0.15) is 12.4 Å². The van der Waals surface area contributed by atoms with Crippen molar-refractivity contribution in [2.45, 2.75) is 0 Å². The third kappa shape index (κ3) is 2.94. The third-order valence-corrected chi connectivity index (χ3v) is 3.47. The zero-order valence-electron chi connectivity index (χ0n) is 11.9. The molecule has 0 saturated carbocycles. The van der Waals surface area contributed by atoms with Crippen molar-refractivity contribution in [3.05, 3.63) is 82.7 Å². The summed E-state index contributed by atoms with van der Waals surface area (Å²) in [5.74, 6) is -1.79. The summed E-state index contributed by atoms with van der Waals surface area (Å²) in [7, 11) is 0. The fourth-order valence-electron chi connectivity index (χ4n) is 2.29. The Morgan fingerprint density at radius 3 is 2.30 bits per heavy atom. The van der Waals surface area contributed by atoms with Crippen LogP contribution in [0.5, 0.6) is 0 Å². The summed E-state index contributed by atoms with van der Waals surface area (Å²) < 4.78 is 17.9. The second-order valence-corrected chi connectivity index (χ2v) is 4.99. The lowest BCUT2D eigenvalue weighted by Gasteiger charge is -2.14. The first kappa shape index (κ1) is 14.8. The van der Waals surface area contributed by atoms with Crippen LogP contribution in [0.2, 0.25) is 0 Å². The number of ketones is 2. The monoisotopic (exact) mass is 309 g/mol. The van der Waals surface area contributed by atoms with Crippen LogP contribution in [0.3, 0.4) is 0 Å². The molecule has 0 aromatic heterocycles. The second-order valence-electron chi connectivity index (χ2n) is 4.99. The van der Waals surface area contributed by atoms with Gasteiger partial charge in [-0.25, -0.2) is 9.18 Å². The highest BCUT2D eigenvalue weighted by Crippen LogP contribution is 2.21. The summed E-state index contributed by atoms with van der Waals surface area (Å²) in [6.07, 6.45) is 1.18. The van der Waals surface area contributed by atoms with E-state index in [0.717, 1.165) is 12.1 Å². The van der Waals surface area contributed by atoms with Crippen LogP contribution in [0.25, 0.3) is 0 Å². The van der Waals surface area contributed by atoms with E-state index in [9.17, 15) is 18.8 Å². The highest BCUT2D eigenvalue weighted by molar-refractivity contribution is 6.24. The molecule has 0 saturated heterocycles. The molecule has 0 atom stereocenters. The minimum Gasteiger partial charge on any atom is -0.457 e. The molecule has 2 aromatic rings. The van der Waals surface area contributed by atoms with E-state index < -0.39 is 11.8 Å². The van der Waals surface area contributed by atoms with Gasteiger partial charge >= 0.3 is 5.97 Å². The first-order valence-corrected chi connectivity index (χ1v) is 6.87. The van der Waals surface area contributed by atoms with Gasteiger partial charge in [-0.15, -0.1) is 0 Å². The lowest BCUT2D eigenvalue weighted by atomic mass is 9.90. The van der Waals surface area contributed by atoms with Crippen LogP contribution in [0.1, 0.15) is 31.1 Å². The van der Waals surface area contributed by atoms with Crippen LogP contribution in [-0.2, 0) is 4.74 Å². The van der Waals surface area contributed by atoms with E-state index in [0.29, 0.717) is 11.1 Å². The molecular formula is C18H11FO4. The molecule has 0 spiro atoms. The number of allylic oxidation sites excluding steroid dienone is 1. The number of esters is 1. The van der Waals surface area contributed by atoms with Gasteiger partial charge in [0.2, 0.25) is 0 Å². The molecule has 0 radical (unpaired) electrons. The van der Waals surface area contributed by atoms with Gasteiger partial charge in [0, 0.05) is 16.7 Å². The summed E-state index contributed by atoms with van der Waals surface area (Å²) in [6.45, 7) is -0.310. The van der Waals surface area contributed by atoms with Crippen molar-refractivity contribution in [3.8, 4) is 0 Å². The van der Waals surface area contributed by atoms with Crippen molar-refractivity contribution in [2.24, 2.45) is 0 Å². The fourth-order valence-corrected chi connectivity index (χ4v) is 2.29. The molecule has 0 unspecified atom stereocenters. The maximum absolute atomic E-state index is 12.8. The van der Waals surface area contributed by atoms with Gasteiger partial charge < -0.3 is 4.74 Å². The Morgan fingerprint density at radius 2 is 1.61 bits per heavy atom. The van der Waals surface area contributed by atoms with E-state index in [1.807, 2.05) is 0 Å². The lowest BCUT2D eigenvalue weighted by molar-refractivity contribution is 0.0535. The van der Waals surface area contributed by atoms with Crippen molar-refractivity contribution >= 4 is 17.5 Å². The number of carbonyl (C=O) groups excluding carboxylic acids is 3. The highest BCUT2D eigenvalue weighted by atomic mass is 18.2. The lowest BCUT2D eigenvalue weighted by Crippen LogP contribution is -2.21. The topological polar surface area (TPSA) is 60.4 Å². The van der Waals surface area contributed by atoms with Crippen molar-refractivity contribution in [1.29, 1.82) is 0 Å². The molecule has 23 heavy (non-hydrogen) atoms. The molecule has 0 N–H and O–H groups in total. The molecule has 2 aromatic carbocycles. The van der Waals surface area contributed by atoms with E-state index in [1.54, 1.807) is 24.3 Å². The van der Waals surface area contributed by atoms with Crippen LogP contribution in [0, 0.1) is 5.82 Å². The number of rotatable bonds is 3. The molecule has 0 bridgehead atoms. The molecule has 0 heterocycles. The summed E-state index contributed by atoms with van der Waals surface area (Å²) >= 11 is 0. The van der Waals surface area contributed by atoms with Crippen molar-refractivity contribution < 1.29 is 23.5 Å². The van der Waals surface area contributed by atoms with Crippen LogP contribution >= 0.6 is 0 Å². The minimum absolute atomic E-state index is 0.115. The maximum atomic E-state index is 12.8. The highest BCUT2D eigenvalue weighted by Gasteiger charge is 2.25. The maximum Gasteiger partial charge on any atom is 0.338 e. The number of carbonyl (C=O) groups is 3. The Balaban J connectivity index is 1.74. The van der Waals surface area contributed by atoms with E-state index in [-0.39, 0.29) is 29.3 Å². The SMILES string of the molecule is O=C(OCC1=CC(=O)c2ccccc2C1=O)c1ccc([18F])cc1. The average molecular weight is 309 g/mol. The number of hydrogen-bond acceptors (Lipinski definition) is 4. The van der Waals surface area contributed by atoms with Crippen LogP contribution in [0.15, 0.2) is 60.2 Å². The largest absolute Gasteiger partial charge is 0.457 e. The first-order valence-electron chi connectivity index (χ1n) is 6.87. The van der Waals surface area contributed by atoms with E-state index in [4.69, 9.17) is 4.74 Å². The summed E-state index contributed by atoms with van der Waals surface area (Å²) in [5.41, 5.74) is 0.921. The summed E-state index contributed by atoms with van der Waals surface area (Å²) in [4.78, 5) is 36.1. The zero-order chi connectivity index (χ0) is 16.4. The molecule has 0 aliphatic heterocycles. The number of hydrogen-bond donors (Lipinski definition) is 0.